The molecule has 0 bridgehead atoms. The third-order valence-electron chi connectivity index (χ3n) is 10.9. The number of unbranched alkanes of at least 4 members (excludes halogenated alkanes) is 29. The van der Waals surface area contributed by atoms with Crippen LogP contribution in [0.4, 0.5) is 0 Å². The molecule has 0 saturated carbocycles. The zero-order valence-corrected chi connectivity index (χ0v) is 37.1. The van der Waals surface area contributed by atoms with Gasteiger partial charge < -0.3 is 20.3 Å². The molecule has 0 saturated heterocycles. The molecule has 0 aliphatic heterocycles. The molecule has 3 N–H and O–H groups in total. The van der Waals surface area contributed by atoms with E-state index in [1.54, 1.807) is 6.08 Å². The van der Waals surface area contributed by atoms with Crippen LogP contribution in [0.3, 0.4) is 0 Å². The van der Waals surface area contributed by atoms with Crippen molar-refractivity contribution in [2.24, 2.45) is 0 Å². The second-order valence-corrected chi connectivity index (χ2v) is 16.4. The van der Waals surface area contributed by atoms with Gasteiger partial charge in [0, 0.05) is 12.8 Å². The summed E-state index contributed by atoms with van der Waals surface area (Å²) < 4.78 is 5.45. The SMILES string of the molecule is CCCCC/C=C\C/C=C\CCCCCCCCCC(=O)OCCCCCCCCCCCC(=O)NC(CO)C(O)/C=C/CCCCCCCCCCCCC. The summed E-state index contributed by atoms with van der Waals surface area (Å²) in [7, 11) is 0. The Labute approximate surface area is 347 Å². The van der Waals surface area contributed by atoms with E-state index in [1.165, 1.54) is 154 Å². The fourth-order valence-electron chi connectivity index (χ4n) is 7.13. The topological polar surface area (TPSA) is 95.9 Å². The predicted octanol–water partition coefficient (Wildman–Crippen LogP) is 14.1. The van der Waals surface area contributed by atoms with Crippen LogP contribution in [-0.4, -0.2) is 47.4 Å². The smallest absolute Gasteiger partial charge is 0.305 e. The molecule has 328 valence electrons. The highest BCUT2D eigenvalue weighted by molar-refractivity contribution is 5.76. The molecule has 0 aromatic rings. The molecule has 6 nitrogen and oxygen atoms in total. The van der Waals surface area contributed by atoms with Gasteiger partial charge in [0.1, 0.15) is 0 Å². The first-order valence-corrected chi connectivity index (χ1v) is 24.3. The molecule has 56 heavy (non-hydrogen) atoms. The van der Waals surface area contributed by atoms with Crippen LogP contribution in [0.25, 0.3) is 0 Å². The molecule has 0 aliphatic rings. The van der Waals surface area contributed by atoms with E-state index in [2.05, 4.69) is 43.5 Å². The Kier molecular flexibility index (Phi) is 44.2. The standard InChI is InChI=1S/C50H93NO5/c1-3-5-7-9-11-13-15-17-18-19-20-22-24-28-32-36-40-44-50(55)56-45-41-37-33-29-25-27-31-35-39-43-49(54)51-47(46-52)48(53)42-38-34-30-26-23-21-16-14-12-10-8-6-4-2/h11,13,17-18,38,42,47-48,52-53H,3-10,12,14-16,19-37,39-41,43-46H2,1-2H3,(H,51,54)/b13-11-,18-17-,42-38+. The first-order valence-electron chi connectivity index (χ1n) is 24.3. The number of aliphatic hydroxyl groups excluding tert-OH is 2. The van der Waals surface area contributed by atoms with Crippen molar-refractivity contribution in [3.05, 3.63) is 36.5 Å². The highest BCUT2D eigenvalue weighted by Gasteiger charge is 2.18. The Hall–Kier alpha value is -1.92. The van der Waals surface area contributed by atoms with Crippen molar-refractivity contribution in [3.8, 4) is 0 Å². The third-order valence-corrected chi connectivity index (χ3v) is 10.9. The molecule has 2 atom stereocenters. The van der Waals surface area contributed by atoms with Gasteiger partial charge in [0.15, 0.2) is 0 Å². The minimum atomic E-state index is -0.862. The van der Waals surface area contributed by atoms with Crippen LogP contribution in [0.2, 0.25) is 0 Å². The molecule has 1 amide bonds. The number of ether oxygens (including phenoxy) is 1. The number of carbonyl (C=O) groups excluding carboxylic acids is 2. The number of amides is 1. The maximum Gasteiger partial charge on any atom is 0.305 e. The Morgan fingerprint density at radius 2 is 0.893 bits per heavy atom. The maximum absolute atomic E-state index is 12.4. The molecule has 0 aliphatic carbocycles. The van der Waals surface area contributed by atoms with Crippen LogP contribution in [0.1, 0.15) is 245 Å². The van der Waals surface area contributed by atoms with Gasteiger partial charge in [-0.05, 0) is 64.2 Å². The van der Waals surface area contributed by atoms with Gasteiger partial charge in [-0.2, -0.15) is 0 Å². The normalized spacial score (nSPS) is 13.0. The number of nitrogens with one attached hydrogen (secondary N) is 1. The van der Waals surface area contributed by atoms with Crippen LogP contribution in [0.15, 0.2) is 36.5 Å². The van der Waals surface area contributed by atoms with Crippen molar-refractivity contribution < 1.29 is 24.5 Å². The summed E-state index contributed by atoms with van der Waals surface area (Å²) in [4.78, 5) is 24.4. The minimum absolute atomic E-state index is 0.0359. The van der Waals surface area contributed by atoms with Crippen LogP contribution in [0.5, 0.6) is 0 Å². The Morgan fingerprint density at radius 3 is 1.39 bits per heavy atom. The van der Waals surface area contributed by atoms with Crippen molar-refractivity contribution in [1.29, 1.82) is 0 Å². The van der Waals surface area contributed by atoms with Crippen LogP contribution in [-0.2, 0) is 14.3 Å². The van der Waals surface area contributed by atoms with Gasteiger partial charge in [-0.1, -0.05) is 204 Å². The summed E-state index contributed by atoms with van der Waals surface area (Å²) in [5.74, 6) is -0.134. The fraction of sp³-hybridized carbons (Fsp3) is 0.840. The van der Waals surface area contributed by atoms with Crippen molar-refractivity contribution in [3.63, 3.8) is 0 Å². The highest BCUT2D eigenvalue weighted by Crippen LogP contribution is 2.14. The number of hydrogen-bond acceptors (Lipinski definition) is 5. The zero-order valence-electron chi connectivity index (χ0n) is 37.1. The molecular weight excluding hydrogens is 695 g/mol. The van der Waals surface area contributed by atoms with E-state index in [1.807, 2.05) is 6.08 Å². The number of esters is 1. The molecule has 0 fully saturated rings. The summed E-state index contributed by atoms with van der Waals surface area (Å²) in [6.07, 6.45) is 54.1. The van der Waals surface area contributed by atoms with Gasteiger partial charge in [-0.25, -0.2) is 0 Å². The molecule has 0 rings (SSSR count). The van der Waals surface area contributed by atoms with E-state index in [0.717, 1.165) is 64.2 Å². The van der Waals surface area contributed by atoms with Crippen molar-refractivity contribution in [1.82, 2.24) is 5.32 Å². The van der Waals surface area contributed by atoms with E-state index in [9.17, 15) is 19.8 Å². The summed E-state index contributed by atoms with van der Waals surface area (Å²) >= 11 is 0. The van der Waals surface area contributed by atoms with Crippen molar-refractivity contribution in [2.45, 2.75) is 257 Å². The van der Waals surface area contributed by atoms with Crippen LogP contribution < -0.4 is 5.32 Å². The van der Waals surface area contributed by atoms with E-state index in [-0.39, 0.29) is 18.5 Å². The quantitative estimate of drug-likeness (QED) is 0.0325. The van der Waals surface area contributed by atoms with E-state index in [0.29, 0.717) is 19.4 Å². The summed E-state index contributed by atoms with van der Waals surface area (Å²) in [5, 5.41) is 23.0. The highest BCUT2D eigenvalue weighted by atomic mass is 16.5. The largest absolute Gasteiger partial charge is 0.466 e. The molecule has 0 aromatic heterocycles. The number of aliphatic hydroxyl groups is 2. The second kappa shape index (κ2) is 45.8. The third kappa shape index (κ3) is 41.7. The fourth-order valence-corrected chi connectivity index (χ4v) is 7.13. The number of allylic oxidation sites excluding steroid dienone is 5. The lowest BCUT2D eigenvalue weighted by Gasteiger charge is -2.20. The first kappa shape index (κ1) is 54.1. The first-order chi connectivity index (χ1) is 27.5. The van der Waals surface area contributed by atoms with Gasteiger partial charge in [-0.3, -0.25) is 9.59 Å². The minimum Gasteiger partial charge on any atom is -0.466 e. The predicted molar refractivity (Wildman–Crippen MR) is 241 cm³/mol. The Bertz CT molecular complexity index is 915. The molecule has 0 spiro atoms. The van der Waals surface area contributed by atoms with Gasteiger partial charge in [0.25, 0.3) is 0 Å². The second-order valence-electron chi connectivity index (χ2n) is 16.4. The molecule has 0 aromatic carbocycles. The van der Waals surface area contributed by atoms with Crippen LogP contribution in [0, 0.1) is 0 Å². The van der Waals surface area contributed by atoms with Crippen molar-refractivity contribution in [2.75, 3.05) is 13.2 Å². The molecule has 6 heteroatoms. The number of rotatable bonds is 44. The lowest BCUT2D eigenvalue weighted by atomic mass is 10.0. The maximum atomic E-state index is 12.4. The summed E-state index contributed by atoms with van der Waals surface area (Å²) in [6, 6.07) is -0.648. The molecule has 0 heterocycles. The number of carbonyl (C=O) groups is 2. The Morgan fingerprint density at radius 1 is 0.500 bits per heavy atom. The van der Waals surface area contributed by atoms with Gasteiger partial charge >= 0.3 is 5.97 Å². The van der Waals surface area contributed by atoms with E-state index in [4.69, 9.17) is 4.74 Å². The molecular formula is C50H93NO5. The van der Waals surface area contributed by atoms with Gasteiger partial charge in [0.2, 0.25) is 5.91 Å². The summed E-state index contributed by atoms with van der Waals surface area (Å²) in [6.45, 7) is 4.79. The van der Waals surface area contributed by atoms with E-state index >= 15 is 0 Å². The average Bonchev–Trinajstić information content (AvgIpc) is 3.20. The number of hydrogen-bond donors (Lipinski definition) is 3. The summed E-state index contributed by atoms with van der Waals surface area (Å²) in [5.41, 5.74) is 0. The van der Waals surface area contributed by atoms with Gasteiger partial charge in [-0.15, -0.1) is 0 Å². The Balaban J connectivity index is 3.53. The lowest BCUT2D eigenvalue weighted by Crippen LogP contribution is -2.45. The van der Waals surface area contributed by atoms with Gasteiger partial charge in [0.05, 0.1) is 25.4 Å². The average molecular weight is 788 g/mol. The molecule has 0 radical (unpaired) electrons. The lowest BCUT2D eigenvalue weighted by molar-refractivity contribution is -0.143. The van der Waals surface area contributed by atoms with Crippen LogP contribution >= 0.6 is 0 Å². The molecule has 2 unspecified atom stereocenters. The monoisotopic (exact) mass is 788 g/mol. The van der Waals surface area contributed by atoms with E-state index < -0.39 is 12.1 Å². The zero-order chi connectivity index (χ0) is 40.8. The van der Waals surface area contributed by atoms with Crippen molar-refractivity contribution >= 4 is 11.9 Å².